The minimum atomic E-state index is -0.220. The van der Waals surface area contributed by atoms with E-state index in [-0.39, 0.29) is 12.1 Å². The van der Waals surface area contributed by atoms with Crippen LogP contribution in [-0.4, -0.2) is 27.2 Å². The van der Waals surface area contributed by atoms with Gasteiger partial charge in [0.15, 0.2) is 17.1 Å². The van der Waals surface area contributed by atoms with Gasteiger partial charge in [-0.15, -0.1) is 0 Å². The molecule has 1 fully saturated rings. The Kier molecular flexibility index (Phi) is 3.48. The number of nitrogens with zero attached hydrogens (tertiary/aromatic N) is 2. The number of nitrogens with one attached hydrogen (secondary N) is 1. The van der Waals surface area contributed by atoms with Gasteiger partial charge in [-0.3, -0.25) is 0 Å². The van der Waals surface area contributed by atoms with Gasteiger partial charge in [0.1, 0.15) is 0 Å². The lowest BCUT2D eigenvalue weighted by molar-refractivity contribution is 0.148. The molecule has 0 aliphatic heterocycles. The van der Waals surface area contributed by atoms with E-state index >= 15 is 0 Å². The van der Waals surface area contributed by atoms with E-state index in [0.29, 0.717) is 12.2 Å². The van der Waals surface area contributed by atoms with Gasteiger partial charge in [-0.2, -0.15) is 4.98 Å². The summed E-state index contributed by atoms with van der Waals surface area (Å²) < 4.78 is 5.53. The van der Waals surface area contributed by atoms with Crippen LogP contribution in [0, 0.1) is 0 Å². The number of hydrogen-bond donors (Lipinski definition) is 2. The van der Waals surface area contributed by atoms with Gasteiger partial charge >= 0.3 is 0 Å². The Morgan fingerprint density at radius 3 is 3.00 bits per heavy atom. The Hall–Kier alpha value is -1.46. The summed E-state index contributed by atoms with van der Waals surface area (Å²) in [6.45, 7) is 2.67. The van der Waals surface area contributed by atoms with E-state index in [9.17, 15) is 5.11 Å². The van der Waals surface area contributed by atoms with Crippen LogP contribution < -0.4 is 5.32 Å². The lowest BCUT2D eigenvalue weighted by atomic mass is 10.2. The number of pyridine rings is 1. The summed E-state index contributed by atoms with van der Waals surface area (Å²) in [5.74, 6) is 0.721. The number of oxazole rings is 1. The molecule has 0 saturated heterocycles. The van der Waals surface area contributed by atoms with Gasteiger partial charge < -0.3 is 14.8 Å². The molecule has 0 aromatic carbocycles. The summed E-state index contributed by atoms with van der Waals surface area (Å²) in [4.78, 5) is 8.81. The fourth-order valence-electron chi connectivity index (χ4n) is 2.57. The van der Waals surface area contributed by atoms with E-state index < -0.39 is 0 Å². The SMILES string of the molecule is CCc1nc2nc(CN[C@H]3CCC[C@@H]3O)ccc2o1. The van der Waals surface area contributed by atoms with Crippen molar-refractivity contribution in [3.63, 3.8) is 0 Å². The van der Waals surface area contributed by atoms with Gasteiger partial charge in [-0.05, 0) is 31.4 Å². The highest BCUT2D eigenvalue weighted by Crippen LogP contribution is 2.19. The average Bonchev–Trinajstić information content (AvgIpc) is 3.01. The zero-order chi connectivity index (χ0) is 13.2. The smallest absolute Gasteiger partial charge is 0.199 e. The molecule has 1 aliphatic rings. The first-order valence-corrected chi connectivity index (χ1v) is 6.93. The Morgan fingerprint density at radius 2 is 2.26 bits per heavy atom. The molecule has 0 radical (unpaired) electrons. The van der Waals surface area contributed by atoms with Crippen molar-refractivity contribution in [2.45, 2.75) is 51.3 Å². The molecule has 19 heavy (non-hydrogen) atoms. The summed E-state index contributed by atoms with van der Waals surface area (Å²) in [5, 5.41) is 13.1. The second-order valence-electron chi connectivity index (χ2n) is 5.07. The van der Waals surface area contributed by atoms with Crippen LogP contribution in [0.15, 0.2) is 16.5 Å². The number of fused-ring (bicyclic) bond motifs is 1. The third kappa shape index (κ3) is 2.62. The number of aromatic nitrogens is 2. The van der Waals surface area contributed by atoms with Crippen molar-refractivity contribution in [1.29, 1.82) is 0 Å². The second kappa shape index (κ2) is 5.27. The lowest BCUT2D eigenvalue weighted by Gasteiger charge is -2.15. The van der Waals surface area contributed by atoms with Crippen molar-refractivity contribution < 1.29 is 9.52 Å². The molecule has 2 aromatic heterocycles. The Labute approximate surface area is 112 Å². The van der Waals surface area contributed by atoms with Gasteiger partial charge in [0.2, 0.25) is 0 Å². The largest absolute Gasteiger partial charge is 0.439 e. The summed E-state index contributed by atoms with van der Waals surface area (Å²) in [6, 6.07) is 4.05. The number of aliphatic hydroxyl groups excluding tert-OH is 1. The highest BCUT2D eigenvalue weighted by atomic mass is 16.3. The first-order chi connectivity index (χ1) is 9.26. The van der Waals surface area contributed by atoms with Gasteiger partial charge in [0.25, 0.3) is 0 Å². The summed E-state index contributed by atoms with van der Waals surface area (Å²) in [5.41, 5.74) is 2.34. The van der Waals surface area contributed by atoms with Crippen LogP contribution in [0.5, 0.6) is 0 Å². The van der Waals surface area contributed by atoms with Crippen molar-refractivity contribution >= 4 is 11.2 Å². The standard InChI is InChI=1S/C14H19N3O2/c1-2-13-17-14-12(19-13)7-6-9(16-14)8-15-10-4-3-5-11(10)18/h6-7,10-11,15,18H,2-5,8H2,1H3/t10-,11-/m0/s1. The van der Waals surface area contributed by atoms with Crippen molar-refractivity contribution in [1.82, 2.24) is 15.3 Å². The predicted molar refractivity (Wildman–Crippen MR) is 71.7 cm³/mol. The number of aliphatic hydroxyl groups is 1. The molecule has 2 aromatic rings. The first kappa shape index (κ1) is 12.6. The summed E-state index contributed by atoms with van der Waals surface area (Å²) >= 11 is 0. The molecule has 0 bridgehead atoms. The predicted octanol–water partition coefficient (Wildman–Crippen LogP) is 1.79. The number of hydrogen-bond acceptors (Lipinski definition) is 5. The molecule has 0 spiro atoms. The zero-order valence-electron chi connectivity index (χ0n) is 11.1. The molecule has 5 heteroatoms. The maximum Gasteiger partial charge on any atom is 0.199 e. The van der Waals surface area contributed by atoms with E-state index in [4.69, 9.17) is 4.42 Å². The molecule has 1 saturated carbocycles. The van der Waals surface area contributed by atoms with Crippen LogP contribution >= 0.6 is 0 Å². The van der Waals surface area contributed by atoms with E-state index in [1.807, 2.05) is 19.1 Å². The molecule has 102 valence electrons. The molecule has 1 aliphatic carbocycles. The van der Waals surface area contributed by atoms with E-state index in [0.717, 1.165) is 42.9 Å². The lowest BCUT2D eigenvalue weighted by Crippen LogP contribution is -2.35. The quantitative estimate of drug-likeness (QED) is 0.878. The topological polar surface area (TPSA) is 71.2 Å². The fraction of sp³-hybridized carbons (Fsp3) is 0.571. The van der Waals surface area contributed by atoms with Crippen LogP contribution in [-0.2, 0) is 13.0 Å². The van der Waals surface area contributed by atoms with Crippen molar-refractivity contribution in [2.75, 3.05) is 0 Å². The van der Waals surface area contributed by atoms with Gasteiger partial charge in [0, 0.05) is 19.0 Å². The molecule has 2 atom stereocenters. The molecule has 0 unspecified atom stereocenters. The molecule has 5 nitrogen and oxygen atoms in total. The maximum atomic E-state index is 9.76. The molecule has 2 heterocycles. The first-order valence-electron chi connectivity index (χ1n) is 6.93. The minimum Gasteiger partial charge on any atom is -0.439 e. The van der Waals surface area contributed by atoms with Crippen LogP contribution in [0.4, 0.5) is 0 Å². The van der Waals surface area contributed by atoms with Crippen molar-refractivity contribution in [3.8, 4) is 0 Å². The fourth-order valence-corrected chi connectivity index (χ4v) is 2.57. The number of aryl methyl sites for hydroxylation is 1. The molecule has 2 N–H and O–H groups in total. The van der Waals surface area contributed by atoms with Gasteiger partial charge in [-0.25, -0.2) is 4.98 Å². The maximum absolute atomic E-state index is 9.76. The van der Waals surface area contributed by atoms with Crippen LogP contribution in [0.25, 0.3) is 11.2 Å². The zero-order valence-corrected chi connectivity index (χ0v) is 11.1. The Bertz CT molecular complexity index is 567. The molecular formula is C14H19N3O2. The number of rotatable bonds is 4. The van der Waals surface area contributed by atoms with Gasteiger partial charge in [0.05, 0.1) is 11.8 Å². The van der Waals surface area contributed by atoms with Crippen LogP contribution in [0.2, 0.25) is 0 Å². The summed E-state index contributed by atoms with van der Waals surface area (Å²) in [6.07, 6.45) is 3.58. The second-order valence-corrected chi connectivity index (χ2v) is 5.07. The normalized spacial score (nSPS) is 23.3. The molecule has 3 rings (SSSR count). The monoisotopic (exact) mass is 261 g/mol. The van der Waals surface area contributed by atoms with E-state index in [2.05, 4.69) is 15.3 Å². The van der Waals surface area contributed by atoms with Crippen molar-refractivity contribution in [3.05, 3.63) is 23.7 Å². The van der Waals surface area contributed by atoms with Crippen LogP contribution in [0.1, 0.15) is 37.8 Å². The van der Waals surface area contributed by atoms with E-state index in [1.54, 1.807) is 0 Å². The Morgan fingerprint density at radius 1 is 1.37 bits per heavy atom. The Balaban J connectivity index is 1.70. The molecular weight excluding hydrogens is 242 g/mol. The summed E-state index contributed by atoms with van der Waals surface area (Å²) in [7, 11) is 0. The third-order valence-electron chi connectivity index (χ3n) is 3.68. The van der Waals surface area contributed by atoms with Crippen molar-refractivity contribution in [2.24, 2.45) is 0 Å². The van der Waals surface area contributed by atoms with Gasteiger partial charge in [-0.1, -0.05) is 6.92 Å². The van der Waals surface area contributed by atoms with Crippen LogP contribution in [0.3, 0.4) is 0 Å². The highest BCUT2D eigenvalue weighted by Gasteiger charge is 2.24. The minimum absolute atomic E-state index is 0.195. The average molecular weight is 261 g/mol. The highest BCUT2D eigenvalue weighted by molar-refractivity contribution is 5.67. The molecule has 0 amide bonds. The third-order valence-corrected chi connectivity index (χ3v) is 3.68. The van der Waals surface area contributed by atoms with E-state index in [1.165, 1.54) is 0 Å².